The van der Waals surface area contributed by atoms with Crippen LogP contribution in [0, 0.1) is 18.6 Å². The van der Waals surface area contributed by atoms with Gasteiger partial charge < -0.3 is 4.90 Å². The van der Waals surface area contributed by atoms with Gasteiger partial charge in [0.2, 0.25) is 0 Å². The summed E-state index contributed by atoms with van der Waals surface area (Å²) in [4.78, 5) is 15.6. The standard InChI is InChI=1S/C24H26F2N2O/c1-16-8-6-7-12-27(16)13-11-20-17(2)28(24(29)18-9-4-3-5-10-18)23-21(20)14-19(25)15-22(23)26/h3-5,9-10,14-16H,6-8,11-13H2,1-2H3. The van der Waals surface area contributed by atoms with Crippen LogP contribution in [0.3, 0.4) is 0 Å². The number of piperidine rings is 1. The van der Waals surface area contributed by atoms with Gasteiger partial charge in [-0.2, -0.15) is 0 Å². The number of benzene rings is 2. The molecule has 3 nitrogen and oxygen atoms in total. The summed E-state index contributed by atoms with van der Waals surface area (Å²) in [5.41, 5.74) is 2.18. The van der Waals surface area contributed by atoms with Gasteiger partial charge in [0.15, 0.2) is 5.82 Å². The number of likely N-dealkylation sites (tertiary alicyclic amines) is 1. The lowest BCUT2D eigenvalue weighted by Crippen LogP contribution is -2.38. The molecule has 5 heteroatoms. The van der Waals surface area contributed by atoms with Gasteiger partial charge in [0.05, 0.1) is 5.52 Å². The molecule has 4 rings (SSSR count). The fraction of sp³-hybridized carbons (Fsp3) is 0.375. The third kappa shape index (κ3) is 3.71. The Balaban J connectivity index is 1.78. The topological polar surface area (TPSA) is 25.2 Å². The van der Waals surface area contributed by atoms with Gasteiger partial charge in [0, 0.05) is 35.3 Å². The van der Waals surface area contributed by atoms with E-state index in [1.54, 1.807) is 24.3 Å². The molecule has 152 valence electrons. The molecule has 0 radical (unpaired) electrons. The third-order valence-corrected chi connectivity index (χ3v) is 6.16. The Bertz CT molecular complexity index is 1040. The zero-order valence-corrected chi connectivity index (χ0v) is 16.9. The third-order valence-electron chi connectivity index (χ3n) is 6.16. The first-order valence-corrected chi connectivity index (χ1v) is 10.3. The smallest absolute Gasteiger partial charge is 0.262 e. The van der Waals surface area contributed by atoms with Gasteiger partial charge in [-0.05, 0) is 63.4 Å². The van der Waals surface area contributed by atoms with Crippen molar-refractivity contribution >= 4 is 16.8 Å². The molecule has 0 N–H and O–H groups in total. The Hall–Kier alpha value is -2.53. The van der Waals surface area contributed by atoms with Crippen molar-refractivity contribution in [2.45, 2.75) is 45.6 Å². The number of carbonyl (C=O) groups excluding carboxylic acids is 1. The van der Waals surface area contributed by atoms with Crippen molar-refractivity contribution in [3.8, 4) is 0 Å². The maximum atomic E-state index is 14.8. The molecule has 1 aromatic heterocycles. The number of hydrogen-bond acceptors (Lipinski definition) is 2. The van der Waals surface area contributed by atoms with Gasteiger partial charge in [-0.25, -0.2) is 8.78 Å². The van der Waals surface area contributed by atoms with Crippen LogP contribution in [0.25, 0.3) is 10.9 Å². The van der Waals surface area contributed by atoms with Gasteiger partial charge in [0.25, 0.3) is 5.91 Å². The first-order chi connectivity index (χ1) is 14.0. The zero-order valence-electron chi connectivity index (χ0n) is 16.9. The van der Waals surface area contributed by atoms with Gasteiger partial charge in [0.1, 0.15) is 5.82 Å². The normalized spacial score (nSPS) is 17.7. The van der Waals surface area contributed by atoms with Crippen LogP contribution in [0.2, 0.25) is 0 Å². The highest BCUT2D eigenvalue weighted by Crippen LogP contribution is 2.31. The van der Waals surface area contributed by atoms with Crippen LogP contribution < -0.4 is 0 Å². The molecule has 0 bridgehead atoms. The Labute approximate surface area is 169 Å². The molecule has 2 heterocycles. The van der Waals surface area contributed by atoms with Crippen LogP contribution in [0.15, 0.2) is 42.5 Å². The minimum atomic E-state index is -0.704. The first-order valence-electron chi connectivity index (χ1n) is 10.3. The van der Waals surface area contributed by atoms with E-state index in [-0.39, 0.29) is 11.4 Å². The number of rotatable bonds is 4. The second-order valence-corrected chi connectivity index (χ2v) is 7.99. The monoisotopic (exact) mass is 396 g/mol. The minimum absolute atomic E-state index is 0.166. The second-order valence-electron chi connectivity index (χ2n) is 7.99. The van der Waals surface area contributed by atoms with Gasteiger partial charge in [-0.3, -0.25) is 9.36 Å². The first kappa shape index (κ1) is 19.8. The van der Waals surface area contributed by atoms with Crippen molar-refractivity contribution in [2.75, 3.05) is 13.1 Å². The summed E-state index contributed by atoms with van der Waals surface area (Å²) in [5, 5.41) is 0.494. The van der Waals surface area contributed by atoms with E-state index < -0.39 is 11.6 Å². The maximum absolute atomic E-state index is 14.8. The van der Waals surface area contributed by atoms with E-state index in [2.05, 4.69) is 11.8 Å². The summed E-state index contributed by atoms with van der Waals surface area (Å²) >= 11 is 0. The maximum Gasteiger partial charge on any atom is 0.262 e. The van der Waals surface area contributed by atoms with Gasteiger partial charge >= 0.3 is 0 Å². The van der Waals surface area contributed by atoms with Crippen LogP contribution in [-0.2, 0) is 6.42 Å². The molecular weight excluding hydrogens is 370 g/mol. The molecule has 1 atom stereocenters. The van der Waals surface area contributed by atoms with Crippen LogP contribution in [0.1, 0.15) is 47.8 Å². The van der Waals surface area contributed by atoms with Crippen molar-refractivity contribution in [3.63, 3.8) is 0 Å². The predicted molar refractivity (Wildman–Crippen MR) is 111 cm³/mol. The van der Waals surface area contributed by atoms with Crippen molar-refractivity contribution in [2.24, 2.45) is 0 Å². The number of hydrogen-bond donors (Lipinski definition) is 0. The predicted octanol–water partition coefficient (Wildman–Crippen LogP) is 5.33. The van der Waals surface area contributed by atoms with Crippen LogP contribution >= 0.6 is 0 Å². The van der Waals surface area contributed by atoms with Crippen LogP contribution in [-0.4, -0.2) is 34.5 Å². The second kappa shape index (κ2) is 8.07. The summed E-state index contributed by atoms with van der Waals surface area (Å²) in [6.45, 7) is 5.92. The minimum Gasteiger partial charge on any atom is -0.300 e. The molecule has 0 spiro atoms. The highest BCUT2D eigenvalue weighted by molar-refractivity contribution is 6.04. The average Bonchev–Trinajstić information content (AvgIpc) is 2.99. The molecule has 1 saturated heterocycles. The fourth-order valence-electron chi connectivity index (χ4n) is 4.55. The van der Waals surface area contributed by atoms with E-state index in [1.807, 2.05) is 13.0 Å². The molecule has 0 saturated carbocycles. The molecule has 0 amide bonds. The summed E-state index contributed by atoms with van der Waals surface area (Å²) in [5.74, 6) is -1.62. The SMILES string of the molecule is Cc1c(CCN2CCCCC2C)c2cc(F)cc(F)c2n1C(=O)c1ccccc1. The summed E-state index contributed by atoms with van der Waals surface area (Å²) in [6.07, 6.45) is 4.26. The van der Waals surface area contributed by atoms with Gasteiger partial charge in [-0.1, -0.05) is 24.6 Å². The number of halogens is 2. The zero-order chi connectivity index (χ0) is 20.5. The molecule has 1 aliphatic rings. The Kier molecular flexibility index (Phi) is 5.50. The van der Waals surface area contributed by atoms with E-state index in [4.69, 9.17) is 0 Å². The van der Waals surface area contributed by atoms with Crippen molar-refractivity contribution in [1.29, 1.82) is 0 Å². The lowest BCUT2D eigenvalue weighted by molar-refractivity contribution is 0.0962. The molecule has 3 aromatic rings. The number of fused-ring (bicyclic) bond motifs is 1. The molecule has 2 aromatic carbocycles. The number of carbonyl (C=O) groups is 1. The Morgan fingerprint density at radius 2 is 1.90 bits per heavy atom. The van der Waals surface area contributed by atoms with Crippen LogP contribution in [0.5, 0.6) is 0 Å². The molecule has 29 heavy (non-hydrogen) atoms. The molecular formula is C24H26F2N2O. The lowest BCUT2D eigenvalue weighted by Gasteiger charge is -2.33. The molecule has 1 aliphatic heterocycles. The molecule has 0 aliphatic carbocycles. The quantitative estimate of drug-likeness (QED) is 0.595. The molecule has 1 unspecified atom stereocenters. The highest BCUT2D eigenvalue weighted by Gasteiger charge is 2.24. The van der Waals surface area contributed by atoms with E-state index in [0.29, 0.717) is 29.1 Å². The molecule has 1 fully saturated rings. The fourth-order valence-corrected chi connectivity index (χ4v) is 4.55. The Morgan fingerprint density at radius 3 is 2.62 bits per heavy atom. The van der Waals surface area contributed by atoms with E-state index in [0.717, 1.165) is 24.7 Å². The van der Waals surface area contributed by atoms with E-state index >= 15 is 0 Å². The summed E-state index contributed by atoms with van der Waals surface area (Å²) < 4.78 is 30.3. The largest absolute Gasteiger partial charge is 0.300 e. The van der Waals surface area contributed by atoms with Crippen molar-refractivity contribution < 1.29 is 13.6 Å². The average molecular weight is 396 g/mol. The van der Waals surface area contributed by atoms with E-state index in [9.17, 15) is 13.6 Å². The van der Waals surface area contributed by atoms with E-state index in [1.165, 1.54) is 29.9 Å². The highest BCUT2D eigenvalue weighted by atomic mass is 19.1. The van der Waals surface area contributed by atoms with Crippen molar-refractivity contribution in [1.82, 2.24) is 9.47 Å². The van der Waals surface area contributed by atoms with Crippen molar-refractivity contribution in [3.05, 3.63) is 70.9 Å². The lowest BCUT2D eigenvalue weighted by atomic mass is 10.0. The number of nitrogens with zero attached hydrogens (tertiary/aromatic N) is 2. The Morgan fingerprint density at radius 1 is 1.14 bits per heavy atom. The summed E-state index contributed by atoms with van der Waals surface area (Å²) in [6, 6.07) is 11.5. The van der Waals surface area contributed by atoms with Gasteiger partial charge in [-0.15, -0.1) is 0 Å². The summed E-state index contributed by atoms with van der Waals surface area (Å²) in [7, 11) is 0. The van der Waals surface area contributed by atoms with Crippen LogP contribution in [0.4, 0.5) is 8.78 Å². The number of aromatic nitrogens is 1.